The normalized spacial score (nSPS) is 29.9. The zero-order valence-corrected chi connectivity index (χ0v) is 10.4. The summed E-state index contributed by atoms with van der Waals surface area (Å²) >= 11 is 0. The molecule has 0 saturated carbocycles. The van der Waals surface area contributed by atoms with Crippen LogP contribution in [0.25, 0.3) is 0 Å². The zero-order chi connectivity index (χ0) is 11.5. The van der Waals surface area contributed by atoms with E-state index in [1.807, 2.05) is 0 Å². The standard InChI is InChI=1S/C15H22N2/c1-2-4-13(5-3-1)12-17-11-8-14-6-9-16-10-7-15(14)17/h1-5,14-16H,6-12H2. The van der Waals surface area contributed by atoms with Crippen LogP contribution in [0.2, 0.25) is 0 Å². The summed E-state index contributed by atoms with van der Waals surface area (Å²) in [6.45, 7) is 4.86. The summed E-state index contributed by atoms with van der Waals surface area (Å²) in [6, 6.07) is 11.7. The Morgan fingerprint density at radius 3 is 2.76 bits per heavy atom. The van der Waals surface area contributed by atoms with E-state index < -0.39 is 0 Å². The highest BCUT2D eigenvalue weighted by Gasteiger charge is 2.34. The van der Waals surface area contributed by atoms with Gasteiger partial charge in [0.2, 0.25) is 0 Å². The van der Waals surface area contributed by atoms with Crippen LogP contribution in [0.3, 0.4) is 0 Å². The Bertz CT molecular complexity index is 349. The Labute approximate surface area is 104 Å². The lowest BCUT2D eigenvalue weighted by Crippen LogP contribution is -2.32. The number of nitrogens with zero attached hydrogens (tertiary/aromatic N) is 1. The first kappa shape index (κ1) is 11.2. The van der Waals surface area contributed by atoms with Crippen LogP contribution in [-0.4, -0.2) is 30.6 Å². The second-order valence-corrected chi connectivity index (χ2v) is 5.40. The van der Waals surface area contributed by atoms with E-state index in [9.17, 15) is 0 Å². The average Bonchev–Trinajstić information content (AvgIpc) is 2.61. The lowest BCUT2D eigenvalue weighted by Gasteiger charge is -2.26. The summed E-state index contributed by atoms with van der Waals surface area (Å²) in [5, 5.41) is 3.53. The Balaban J connectivity index is 1.67. The van der Waals surface area contributed by atoms with Gasteiger partial charge < -0.3 is 5.32 Å². The van der Waals surface area contributed by atoms with Gasteiger partial charge in [-0.25, -0.2) is 0 Å². The second kappa shape index (κ2) is 5.19. The van der Waals surface area contributed by atoms with Crippen molar-refractivity contribution in [1.29, 1.82) is 0 Å². The van der Waals surface area contributed by atoms with E-state index in [0.29, 0.717) is 0 Å². The number of rotatable bonds is 2. The average molecular weight is 230 g/mol. The van der Waals surface area contributed by atoms with E-state index in [2.05, 4.69) is 40.5 Å². The molecule has 2 atom stereocenters. The minimum Gasteiger partial charge on any atom is -0.317 e. The summed E-state index contributed by atoms with van der Waals surface area (Å²) in [4.78, 5) is 2.70. The van der Waals surface area contributed by atoms with E-state index in [0.717, 1.165) is 18.5 Å². The van der Waals surface area contributed by atoms with Crippen LogP contribution in [-0.2, 0) is 6.54 Å². The molecule has 2 unspecified atom stereocenters. The number of hydrogen-bond acceptors (Lipinski definition) is 2. The number of nitrogens with one attached hydrogen (secondary N) is 1. The predicted octanol–water partition coefficient (Wildman–Crippen LogP) is 2.26. The molecule has 2 fully saturated rings. The lowest BCUT2D eigenvalue weighted by molar-refractivity contribution is 0.211. The van der Waals surface area contributed by atoms with Gasteiger partial charge in [0.25, 0.3) is 0 Å². The third kappa shape index (κ3) is 2.53. The molecule has 17 heavy (non-hydrogen) atoms. The van der Waals surface area contributed by atoms with E-state index in [-0.39, 0.29) is 0 Å². The van der Waals surface area contributed by atoms with Crippen LogP contribution in [0.1, 0.15) is 24.8 Å². The van der Waals surface area contributed by atoms with Gasteiger partial charge in [-0.1, -0.05) is 30.3 Å². The molecule has 2 saturated heterocycles. The van der Waals surface area contributed by atoms with Crippen molar-refractivity contribution < 1.29 is 0 Å². The minimum atomic E-state index is 0.824. The Morgan fingerprint density at radius 1 is 1.06 bits per heavy atom. The van der Waals surface area contributed by atoms with Crippen LogP contribution < -0.4 is 5.32 Å². The second-order valence-electron chi connectivity index (χ2n) is 5.40. The molecule has 2 aliphatic rings. The van der Waals surface area contributed by atoms with Gasteiger partial charge in [0.15, 0.2) is 0 Å². The van der Waals surface area contributed by atoms with E-state index in [1.165, 1.54) is 44.5 Å². The smallest absolute Gasteiger partial charge is 0.0236 e. The van der Waals surface area contributed by atoms with E-state index in [1.54, 1.807) is 0 Å². The Morgan fingerprint density at radius 2 is 1.88 bits per heavy atom. The summed E-state index contributed by atoms with van der Waals surface area (Å²) in [7, 11) is 0. The molecule has 2 nitrogen and oxygen atoms in total. The predicted molar refractivity (Wildman–Crippen MR) is 70.9 cm³/mol. The van der Waals surface area contributed by atoms with Gasteiger partial charge in [0, 0.05) is 12.6 Å². The van der Waals surface area contributed by atoms with Gasteiger partial charge in [0.1, 0.15) is 0 Å². The fourth-order valence-corrected chi connectivity index (χ4v) is 3.42. The molecule has 2 heteroatoms. The highest BCUT2D eigenvalue weighted by molar-refractivity contribution is 5.15. The monoisotopic (exact) mass is 230 g/mol. The summed E-state index contributed by atoms with van der Waals surface area (Å²) in [5.41, 5.74) is 1.46. The lowest BCUT2D eigenvalue weighted by atomic mass is 9.95. The largest absolute Gasteiger partial charge is 0.317 e. The van der Waals surface area contributed by atoms with Crippen molar-refractivity contribution in [2.24, 2.45) is 5.92 Å². The van der Waals surface area contributed by atoms with Crippen molar-refractivity contribution in [1.82, 2.24) is 10.2 Å². The minimum absolute atomic E-state index is 0.824. The van der Waals surface area contributed by atoms with E-state index >= 15 is 0 Å². The summed E-state index contributed by atoms with van der Waals surface area (Å²) < 4.78 is 0. The molecular weight excluding hydrogens is 208 g/mol. The molecule has 1 N–H and O–H groups in total. The fraction of sp³-hybridized carbons (Fsp3) is 0.600. The molecule has 0 aromatic heterocycles. The van der Waals surface area contributed by atoms with Crippen molar-refractivity contribution in [3.63, 3.8) is 0 Å². The van der Waals surface area contributed by atoms with Gasteiger partial charge in [-0.05, 0) is 50.4 Å². The third-order valence-electron chi connectivity index (χ3n) is 4.34. The Kier molecular flexibility index (Phi) is 3.44. The maximum absolute atomic E-state index is 3.53. The van der Waals surface area contributed by atoms with Crippen molar-refractivity contribution in [3.8, 4) is 0 Å². The number of hydrogen-bond donors (Lipinski definition) is 1. The molecule has 0 aliphatic carbocycles. The molecule has 1 aromatic rings. The molecule has 2 heterocycles. The molecule has 3 rings (SSSR count). The topological polar surface area (TPSA) is 15.3 Å². The number of likely N-dealkylation sites (tertiary alicyclic amines) is 1. The summed E-state index contributed by atoms with van der Waals surface area (Å²) in [6.07, 6.45) is 4.10. The maximum Gasteiger partial charge on any atom is 0.0236 e. The van der Waals surface area contributed by atoms with Gasteiger partial charge >= 0.3 is 0 Å². The van der Waals surface area contributed by atoms with Crippen LogP contribution >= 0.6 is 0 Å². The van der Waals surface area contributed by atoms with Crippen molar-refractivity contribution >= 4 is 0 Å². The first-order valence-electron chi connectivity index (χ1n) is 6.92. The molecule has 1 aromatic carbocycles. The molecule has 0 bridgehead atoms. The number of benzene rings is 1. The van der Waals surface area contributed by atoms with Crippen LogP contribution in [0.5, 0.6) is 0 Å². The molecule has 2 aliphatic heterocycles. The van der Waals surface area contributed by atoms with Crippen LogP contribution in [0, 0.1) is 5.92 Å². The molecule has 0 spiro atoms. The first-order chi connectivity index (χ1) is 8.43. The zero-order valence-electron chi connectivity index (χ0n) is 10.4. The highest BCUT2D eigenvalue weighted by Crippen LogP contribution is 2.31. The van der Waals surface area contributed by atoms with Crippen molar-refractivity contribution in [2.45, 2.75) is 31.8 Å². The van der Waals surface area contributed by atoms with Crippen molar-refractivity contribution in [2.75, 3.05) is 19.6 Å². The van der Waals surface area contributed by atoms with Gasteiger partial charge in [-0.15, -0.1) is 0 Å². The van der Waals surface area contributed by atoms with Gasteiger partial charge in [-0.2, -0.15) is 0 Å². The van der Waals surface area contributed by atoms with Gasteiger partial charge in [-0.3, -0.25) is 4.90 Å². The van der Waals surface area contributed by atoms with Crippen LogP contribution in [0.15, 0.2) is 30.3 Å². The highest BCUT2D eigenvalue weighted by atomic mass is 15.2. The van der Waals surface area contributed by atoms with Gasteiger partial charge in [0.05, 0.1) is 0 Å². The molecule has 0 radical (unpaired) electrons. The molecule has 0 amide bonds. The third-order valence-corrected chi connectivity index (χ3v) is 4.34. The fourth-order valence-electron chi connectivity index (χ4n) is 3.42. The maximum atomic E-state index is 3.53. The van der Waals surface area contributed by atoms with Crippen molar-refractivity contribution in [3.05, 3.63) is 35.9 Å². The summed E-state index contributed by atoms with van der Waals surface area (Å²) in [5.74, 6) is 0.939. The molecular formula is C15H22N2. The SMILES string of the molecule is c1ccc(CN2CCC3CCNCCC32)cc1. The quantitative estimate of drug-likeness (QED) is 0.838. The van der Waals surface area contributed by atoms with Crippen LogP contribution in [0.4, 0.5) is 0 Å². The Hall–Kier alpha value is -0.860. The molecule has 92 valence electrons. The first-order valence-corrected chi connectivity index (χ1v) is 6.92. The number of fused-ring (bicyclic) bond motifs is 1. The van der Waals surface area contributed by atoms with E-state index in [4.69, 9.17) is 0 Å².